The Hall–Kier alpha value is -1.09. The minimum absolute atomic E-state index is 0.0449. The fourth-order valence-electron chi connectivity index (χ4n) is 2.80. The first-order chi connectivity index (χ1) is 10.1. The van der Waals surface area contributed by atoms with Crippen LogP contribution in [0.15, 0.2) is 24.3 Å². The molecule has 0 aliphatic carbocycles. The quantitative estimate of drug-likeness (QED) is 0.354. The lowest BCUT2D eigenvalue weighted by molar-refractivity contribution is -0.140. The summed E-state index contributed by atoms with van der Waals surface area (Å²) in [6.07, 6.45) is 6.69. The van der Waals surface area contributed by atoms with Gasteiger partial charge in [0.1, 0.15) is 6.61 Å². The summed E-state index contributed by atoms with van der Waals surface area (Å²) >= 11 is 0. The number of esters is 1. The van der Waals surface area contributed by atoms with E-state index in [4.69, 9.17) is 4.74 Å². The van der Waals surface area contributed by atoms with Crippen molar-refractivity contribution in [1.82, 2.24) is 4.90 Å². The van der Waals surface area contributed by atoms with E-state index in [9.17, 15) is 4.79 Å². The second kappa shape index (κ2) is 9.83. The number of carbonyl (C=O) groups excluding carboxylic acids is 1. The summed E-state index contributed by atoms with van der Waals surface area (Å²) in [7, 11) is 0. The number of rotatable bonds is 9. The van der Waals surface area contributed by atoms with Crippen molar-refractivity contribution in [1.29, 1.82) is 0 Å². The van der Waals surface area contributed by atoms with Crippen LogP contribution < -0.4 is 0 Å². The minimum atomic E-state index is -0.304. The highest BCUT2D eigenvalue weighted by Gasteiger charge is 2.27. The summed E-state index contributed by atoms with van der Waals surface area (Å²) < 4.78 is 5.26. The second-order valence-corrected chi connectivity index (χ2v) is 7.06. The summed E-state index contributed by atoms with van der Waals surface area (Å²) in [6, 6.07) is 0.435. The number of nitrogens with zero attached hydrogens (tertiary/aromatic N) is 1. The molecular weight excluding hydrogens is 274 g/mol. The van der Waals surface area contributed by atoms with Crippen LogP contribution in [-0.2, 0) is 9.53 Å². The van der Waals surface area contributed by atoms with E-state index in [-0.39, 0.29) is 11.5 Å². The van der Waals surface area contributed by atoms with E-state index in [0.29, 0.717) is 24.1 Å². The lowest BCUT2D eigenvalue weighted by atomic mass is 9.93. The average molecular weight is 309 g/mol. The number of allylic oxidation sites excluding steroid dienone is 2. The Morgan fingerprint density at radius 3 is 2.36 bits per heavy atom. The van der Waals surface area contributed by atoms with Gasteiger partial charge in [-0.25, -0.2) is 4.79 Å². The van der Waals surface area contributed by atoms with Gasteiger partial charge in [0.15, 0.2) is 0 Å². The van der Waals surface area contributed by atoms with Gasteiger partial charge in [0, 0.05) is 23.7 Å². The van der Waals surface area contributed by atoms with Crippen LogP contribution in [-0.4, -0.2) is 35.6 Å². The predicted molar refractivity (Wildman–Crippen MR) is 94.9 cm³/mol. The van der Waals surface area contributed by atoms with Gasteiger partial charge in [0.25, 0.3) is 0 Å². The molecule has 2 atom stereocenters. The van der Waals surface area contributed by atoms with Crippen molar-refractivity contribution in [2.24, 2.45) is 5.92 Å². The third kappa shape index (κ3) is 7.79. The van der Waals surface area contributed by atoms with E-state index in [1.165, 1.54) is 0 Å². The molecule has 2 unspecified atom stereocenters. The molecule has 0 aliphatic rings. The first-order valence-electron chi connectivity index (χ1n) is 8.35. The van der Waals surface area contributed by atoms with Crippen LogP contribution in [0.25, 0.3) is 0 Å². The van der Waals surface area contributed by atoms with Crippen LogP contribution in [0.5, 0.6) is 0 Å². The van der Waals surface area contributed by atoms with Crippen LogP contribution in [0.1, 0.15) is 61.3 Å². The first-order valence-corrected chi connectivity index (χ1v) is 8.35. The molecule has 0 N–H and O–H groups in total. The molecule has 0 aromatic carbocycles. The topological polar surface area (TPSA) is 29.5 Å². The molecule has 0 amide bonds. The molecule has 3 heteroatoms. The number of ether oxygens (including phenoxy) is 1. The Morgan fingerprint density at radius 2 is 1.95 bits per heavy atom. The molecule has 22 heavy (non-hydrogen) atoms. The zero-order valence-electron chi connectivity index (χ0n) is 15.6. The molecule has 0 heterocycles. The molecule has 0 saturated heterocycles. The zero-order chi connectivity index (χ0) is 17.3. The fraction of sp³-hybridized carbons (Fsp3) is 0.737. The monoisotopic (exact) mass is 309 g/mol. The molecular formula is C19H35NO2. The van der Waals surface area contributed by atoms with Crippen molar-refractivity contribution in [3.63, 3.8) is 0 Å². The van der Waals surface area contributed by atoms with Gasteiger partial charge in [0.2, 0.25) is 0 Å². The van der Waals surface area contributed by atoms with Crippen molar-refractivity contribution in [3.8, 4) is 0 Å². The fourth-order valence-corrected chi connectivity index (χ4v) is 2.80. The van der Waals surface area contributed by atoms with Crippen LogP contribution in [0.2, 0.25) is 0 Å². The molecule has 0 aromatic rings. The van der Waals surface area contributed by atoms with Crippen molar-refractivity contribution in [2.75, 3.05) is 13.2 Å². The van der Waals surface area contributed by atoms with E-state index in [2.05, 4.69) is 65.2 Å². The first kappa shape index (κ1) is 20.9. The molecule has 0 spiro atoms. The van der Waals surface area contributed by atoms with Gasteiger partial charge in [-0.3, -0.25) is 4.90 Å². The highest BCUT2D eigenvalue weighted by Crippen LogP contribution is 2.23. The third-order valence-electron chi connectivity index (χ3n) is 3.94. The van der Waals surface area contributed by atoms with E-state index in [0.717, 1.165) is 19.4 Å². The van der Waals surface area contributed by atoms with Crippen molar-refractivity contribution < 1.29 is 9.53 Å². The lowest BCUT2D eigenvalue weighted by Crippen LogP contribution is -2.49. The third-order valence-corrected chi connectivity index (χ3v) is 3.94. The smallest absolute Gasteiger partial charge is 0.333 e. The Labute approximate surface area is 137 Å². The summed E-state index contributed by atoms with van der Waals surface area (Å²) in [4.78, 5) is 13.9. The van der Waals surface area contributed by atoms with Gasteiger partial charge >= 0.3 is 5.97 Å². The van der Waals surface area contributed by atoms with Gasteiger partial charge in [-0.15, -0.1) is 0 Å². The molecule has 0 aliphatic heterocycles. The van der Waals surface area contributed by atoms with E-state index in [1.54, 1.807) is 6.92 Å². The maximum absolute atomic E-state index is 11.5. The molecule has 0 saturated carbocycles. The van der Waals surface area contributed by atoms with Gasteiger partial charge < -0.3 is 4.74 Å². The average Bonchev–Trinajstić information content (AvgIpc) is 2.40. The summed E-state index contributed by atoms with van der Waals surface area (Å²) in [5.41, 5.74) is 0.498. The highest BCUT2D eigenvalue weighted by molar-refractivity contribution is 5.86. The summed E-state index contributed by atoms with van der Waals surface area (Å²) in [5, 5.41) is 0. The lowest BCUT2D eigenvalue weighted by Gasteiger charge is -2.41. The normalized spacial score (nSPS) is 15.1. The maximum atomic E-state index is 11.5. The predicted octanol–water partition coefficient (Wildman–Crippen LogP) is 4.59. The van der Waals surface area contributed by atoms with E-state index < -0.39 is 0 Å². The Balaban J connectivity index is 4.70. The Bertz CT molecular complexity index is 379. The molecule has 0 rings (SSSR count). The Morgan fingerprint density at radius 1 is 1.36 bits per heavy atom. The van der Waals surface area contributed by atoms with Crippen LogP contribution >= 0.6 is 0 Å². The van der Waals surface area contributed by atoms with Crippen LogP contribution in [0, 0.1) is 5.92 Å². The van der Waals surface area contributed by atoms with Crippen molar-refractivity contribution in [2.45, 2.75) is 72.9 Å². The summed E-state index contributed by atoms with van der Waals surface area (Å²) in [5.74, 6) is 0.296. The molecule has 0 radical (unpaired) electrons. The second-order valence-electron chi connectivity index (χ2n) is 7.06. The molecule has 0 bridgehead atoms. The summed E-state index contributed by atoms with van der Waals surface area (Å²) in [6.45, 7) is 19.6. The number of hydrogen-bond acceptors (Lipinski definition) is 3. The molecule has 0 fully saturated rings. The molecule has 3 nitrogen and oxygen atoms in total. The van der Waals surface area contributed by atoms with E-state index >= 15 is 0 Å². The van der Waals surface area contributed by atoms with Gasteiger partial charge in [-0.2, -0.15) is 0 Å². The van der Waals surface area contributed by atoms with Crippen LogP contribution in [0.3, 0.4) is 0 Å². The van der Waals surface area contributed by atoms with Crippen molar-refractivity contribution in [3.05, 3.63) is 24.3 Å². The van der Waals surface area contributed by atoms with E-state index in [1.807, 2.05) is 0 Å². The standard InChI is InChI=1S/C19H35NO2/c1-9-11-17(10-2)14-16(5)20(19(6,7)8)12-13-22-18(21)15(3)4/h9,11,16-17H,3,10,12-14H2,1-2,4-8H3/b11-9-. The van der Waals surface area contributed by atoms with Gasteiger partial charge in [-0.05, 0) is 60.3 Å². The van der Waals surface area contributed by atoms with Gasteiger partial charge in [-0.1, -0.05) is 25.7 Å². The minimum Gasteiger partial charge on any atom is -0.461 e. The molecule has 128 valence electrons. The van der Waals surface area contributed by atoms with Crippen molar-refractivity contribution >= 4 is 5.97 Å². The number of carbonyl (C=O) groups is 1. The zero-order valence-corrected chi connectivity index (χ0v) is 15.6. The van der Waals surface area contributed by atoms with Gasteiger partial charge in [0.05, 0.1) is 0 Å². The largest absolute Gasteiger partial charge is 0.461 e. The molecule has 0 aromatic heterocycles. The number of hydrogen-bond donors (Lipinski definition) is 0. The SMILES string of the molecule is C=C(C)C(=O)OCCN(C(C)CC(/C=C\C)CC)C(C)(C)C. The van der Waals surface area contributed by atoms with Crippen LogP contribution in [0.4, 0.5) is 0 Å². The highest BCUT2D eigenvalue weighted by atomic mass is 16.5. The Kier molecular flexibility index (Phi) is 9.34. The maximum Gasteiger partial charge on any atom is 0.333 e.